The molecule has 0 bridgehead atoms. The zero-order chi connectivity index (χ0) is 23.0. The van der Waals surface area contributed by atoms with Gasteiger partial charge in [0.15, 0.2) is 0 Å². The van der Waals surface area contributed by atoms with Crippen LogP contribution in [-0.2, 0) is 33.0 Å². The Morgan fingerprint density at radius 1 is 1.00 bits per heavy atom. The minimum atomic E-state index is -4.37. The maximum atomic E-state index is 12.8. The third-order valence-corrected chi connectivity index (χ3v) is 6.75. The average Bonchev–Trinajstić information content (AvgIpc) is 2.92. The highest BCUT2D eigenvalue weighted by atomic mass is 32.2. The van der Waals surface area contributed by atoms with Crippen LogP contribution in [-0.4, -0.2) is 29.6 Å². The second-order valence-electron chi connectivity index (χ2n) is 8.36. The molecule has 5 nitrogen and oxygen atoms in total. The van der Waals surface area contributed by atoms with Crippen molar-refractivity contribution in [1.29, 1.82) is 0 Å². The van der Waals surface area contributed by atoms with Gasteiger partial charge in [0, 0.05) is 17.7 Å². The third kappa shape index (κ3) is 5.14. The summed E-state index contributed by atoms with van der Waals surface area (Å²) in [6.07, 6.45) is -4.37. The monoisotopic (exact) mass is 454 g/mol. The number of anilines is 1. The molecule has 0 aliphatic carbocycles. The van der Waals surface area contributed by atoms with Crippen LogP contribution in [0, 0.1) is 0 Å². The molecule has 0 amide bonds. The fourth-order valence-electron chi connectivity index (χ4n) is 3.11. The number of alkyl halides is 3. The molecule has 2 N–H and O–H groups in total. The lowest BCUT2D eigenvalue weighted by Gasteiger charge is -2.32. The maximum Gasteiger partial charge on any atom is 0.497 e. The molecule has 1 heterocycles. The van der Waals surface area contributed by atoms with Gasteiger partial charge in [0.1, 0.15) is 11.0 Å². The van der Waals surface area contributed by atoms with Crippen LogP contribution >= 0.6 is 0 Å². The predicted octanol–water partition coefficient (Wildman–Crippen LogP) is 3.86. The molecule has 1 fully saturated rings. The van der Waals surface area contributed by atoms with Gasteiger partial charge in [-0.15, -0.1) is 0 Å². The van der Waals surface area contributed by atoms with Gasteiger partial charge in [-0.2, -0.15) is 13.2 Å². The van der Waals surface area contributed by atoms with E-state index in [1.807, 2.05) is 27.7 Å². The number of benzene rings is 2. The molecule has 0 saturated carbocycles. The van der Waals surface area contributed by atoms with Gasteiger partial charge in [0.05, 0.1) is 21.7 Å². The number of nitrogens with one attached hydrogen (secondary N) is 2. The molecule has 1 aliphatic rings. The third-order valence-electron chi connectivity index (χ3n) is 5.69. The summed E-state index contributed by atoms with van der Waals surface area (Å²) in [6, 6.07) is 10.2. The normalized spacial score (nSPS) is 18.8. The lowest BCUT2D eigenvalue weighted by Crippen LogP contribution is -2.41. The molecule has 3 rings (SSSR count). The van der Waals surface area contributed by atoms with Gasteiger partial charge in [-0.05, 0) is 70.6 Å². The molecule has 10 heteroatoms. The smallest absolute Gasteiger partial charge is 0.399 e. The summed E-state index contributed by atoms with van der Waals surface area (Å²) >= 11 is 0. The highest BCUT2D eigenvalue weighted by Crippen LogP contribution is 2.37. The van der Waals surface area contributed by atoms with Crippen molar-refractivity contribution in [2.75, 3.05) is 12.4 Å². The van der Waals surface area contributed by atoms with Gasteiger partial charge in [-0.25, -0.2) is 8.93 Å². The second kappa shape index (κ2) is 8.57. The molecule has 2 aromatic carbocycles. The fourth-order valence-corrected chi connectivity index (χ4v) is 3.77. The molecule has 168 valence electrons. The lowest BCUT2D eigenvalue weighted by atomic mass is 9.77. The van der Waals surface area contributed by atoms with E-state index in [1.165, 1.54) is 12.1 Å². The first kappa shape index (κ1) is 23.8. The van der Waals surface area contributed by atoms with Crippen LogP contribution in [0.25, 0.3) is 0 Å². The summed E-state index contributed by atoms with van der Waals surface area (Å²) in [7, 11) is -0.482. The van der Waals surface area contributed by atoms with Crippen molar-refractivity contribution >= 4 is 29.3 Å². The van der Waals surface area contributed by atoms with E-state index in [0.29, 0.717) is 28.2 Å². The van der Waals surface area contributed by atoms with Crippen molar-refractivity contribution in [2.24, 2.45) is 0 Å². The highest BCUT2D eigenvalue weighted by Gasteiger charge is 2.52. The predicted molar refractivity (Wildman–Crippen MR) is 116 cm³/mol. The summed E-state index contributed by atoms with van der Waals surface area (Å²) in [6.45, 7) is 8.07. The van der Waals surface area contributed by atoms with Gasteiger partial charge in [0.25, 0.3) is 0 Å². The van der Waals surface area contributed by atoms with Crippen LogP contribution < -0.4 is 15.5 Å². The quantitative estimate of drug-likeness (QED) is 0.651. The molecule has 1 atom stereocenters. The molecule has 31 heavy (non-hydrogen) atoms. The van der Waals surface area contributed by atoms with Gasteiger partial charge in [-0.3, -0.25) is 0 Å². The Balaban J connectivity index is 1.87. The maximum absolute atomic E-state index is 12.8. The minimum absolute atomic E-state index is 0.305. The Hall–Kier alpha value is -1.88. The zero-order valence-corrected chi connectivity index (χ0v) is 18.9. The van der Waals surface area contributed by atoms with Gasteiger partial charge in [0.2, 0.25) is 0 Å². The second-order valence-corrected chi connectivity index (χ2v) is 9.78. The highest BCUT2D eigenvalue weighted by molar-refractivity contribution is 7.83. The molecule has 1 aliphatic heterocycles. The SMILES string of the molecule is CNS(=O)c1ccc(NCc2ccc(C(F)(F)F)cc2)c(B2OC(C)(C)C(C)(C)O2)c1. The summed E-state index contributed by atoms with van der Waals surface area (Å²) in [5, 5.41) is 3.24. The number of hydrogen-bond acceptors (Lipinski definition) is 4. The fraction of sp³-hybridized carbons (Fsp3) is 0.429. The van der Waals surface area contributed by atoms with Crippen LogP contribution in [0.2, 0.25) is 0 Å². The van der Waals surface area contributed by atoms with Crippen molar-refractivity contribution in [3.63, 3.8) is 0 Å². The summed E-state index contributed by atoms with van der Waals surface area (Å²) < 4.78 is 65.6. The van der Waals surface area contributed by atoms with E-state index in [4.69, 9.17) is 9.31 Å². The van der Waals surface area contributed by atoms with Crippen molar-refractivity contribution in [1.82, 2.24) is 4.72 Å². The Labute approximate surface area is 183 Å². The van der Waals surface area contributed by atoms with E-state index in [1.54, 1.807) is 25.2 Å². The van der Waals surface area contributed by atoms with E-state index in [-0.39, 0.29) is 0 Å². The van der Waals surface area contributed by atoms with Crippen molar-refractivity contribution < 1.29 is 26.7 Å². The van der Waals surface area contributed by atoms with Crippen LogP contribution in [0.4, 0.5) is 18.9 Å². The number of halogens is 3. The first-order valence-corrected chi connectivity index (χ1v) is 11.0. The van der Waals surface area contributed by atoms with Crippen molar-refractivity contribution in [3.05, 3.63) is 53.6 Å². The molecule has 0 spiro atoms. The van der Waals surface area contributed by atoms with Gasteiger partial charge >= 0.3 is 13.3 Å². The molecular weight excluding hydrogens is 428 g/mol. The molecular formula is C21H26BF3N2O3S. The van der Waals surface area contributed by atoms with E-state index >= 15 is 0 Å². The van der Waals surface area contributed by atoms with Gasteiger partial charge in [-0.1, -0.05) is 12.1 Å². The topological polar surface area (TPSA) is 59.6 Å². The van der Waals surface area contributed by atoms with Crippen molar-refractivity contribution in [2.45, 2.75) is 56.5 Å². The largest absolute Gasteiger partial charge is 0.497 e. The standard InChI is InChI=1S/C21H26BF3N2O3S/c1-19(2)20(3,4)30-22(29-19)17-12-16(31(28)26-5)10-11-18(17)27-13-14-6-8-15(9-7-14)21(23,24)25/h6-12,26-27H,13H2,1-5H3. The Morgan fingerprint density at radius 3 is 2.10 bits per heavy atom. The van der Waals surface area contributed by atoms with Crippen LogP contribution in [0.15, 0.2) is 47.4 Å². The van der Waals surface area contributed by atoms with E-state index in [2.05, 4.69) is 10.0 Å². The van der Waals surface area contributed by atoms with E-state index in [9.17, 15) is 17.4 Å². The average molecular weight is 454 g/mol. The van der Waals surface area contributed by atoms with Crippen LogP contribution in [0.3, 0.4) is 0 Å². The first-order chi connectivity index (χ1) is 14.3. The zero-order valence-electron chi connectivity index (χ0n) is 18.1. The lowest BCUT2D eigenvalue weighted by molar-refractivity contribution is -0.137. The summed E-state index contributed by atoms with van der Waals surface area (Å²) in [5.41, 5.74) is 0.256. The van der Waals surface area contributed by atoms with Crippen molar-refractivity contribution in [3.8, 4) is 0 Å². The van der Waals surface area contributed by atoms with Crippen LogP contribution in [0.1, 0.15) is 38.8 Å². The van der Waals surface area contributed by atoms with E-state index in [0.717, 1.165) is 12.1 Å². The summed E-state index contributed by atoms with van der Waals surface area (Å²) in [4.78, 5) is 0.562. The Kier molecular flexibility index (Phi) is 6.58. The molecule has 0 radical (unpaired) electrons. The Morgan fingerprint density at radius 2 is 1.58 bits per heavy atom. The molecule has 0 aromatic heterocycles. The molecule has 2 aromatic rings. The van der Waals surface area contributed by atoms with Gasteiger partial charge < -0.3 is 14.6 Å². The van der Waals surface area contributed by atoms with Crippen LogP contribution in [0.5, 0.6) is 0 Å². The molecule has 1 saturated heterocycles. The first-order valence-electron chi connectivity index (χ1n) is 9.83. The van der Waals surface area contributed by atoms with E-state index < -0.39 is 41.0 Å². The number of rotatable bonds is 6. The minimum Gasteiger partial charge on any atom is -0.399 e. The Bertz CT molecular complexity index is 949. The molecule has 1 unspecified atom stereocenters. The number of hydrogen-bond donors (Lipinski definition) is 2. The summed E-state index contributed by atoms with van der Waals surface area (Å²) in [5.74, 6) is 0.